The van der Waals surface area contributed by atoms with Crippen molar-refractivity contribution in [1.82, 2.24) is 0 Å². The molecule has 0 heterocycles. The standard InChI is InChI=1S/C10H13BO/c1-4-8-7-9(12-3)5-6-10(8)11-2/h4-7,11H,1H2,2-3H3. The van der Waals surface area contributed by atoms with Gasteiger partial charge in [0, 0.05) is 0 Å². The molecule has 1 rings (SSSR count). The second-order valence-electron chi connectivity index (χ2n) is 2.62. The lowest BCUT2D eigenvalue weighted by Crippen LogP contribution is -2.13. The van der Waals surface area contributed by atoms with Gasteiger partial charge in [-0.2, -0.15) is 0 Å². The van der Waals surface area contributed by atoms with Gasteiger partial charge in [0.2, 0.25) is 0 Å². The van der Waals surface area contributed by atoms with Crippen molar-refractivity contribution in [3.63, 3.8) is 0 Å². The normalized spacial score (nSPS) is 9.17. The Bertz CT molecular complexity index is 281. The number of hydrogen-bond acceptors (Lipinski definition) is 1. The molecular formula is C10H13BO. The molecule has 0 aliphatic rings. The van der Waals surface area contributed by atoms with Gasteiger partial charge in [-0.1, -0.05) is 31.0 Å². The highest BCUT2D eigenvalue weighted by atomic mass is 16.5. The molecule has 0 aliphatic carbocycles. The minimum absolute atomic E-state index is 0.891. The van der Waals surface area contributed by atoms with Gasteiger partial charge in [-0.15, -0.1) is 0 Å². The molecule has 0 amide bonds. The van der Waals surface area contributed by atoms with Crippen molar-refractivity contribution in [1.29, 1.82) is 0 Å². The highest BCUT2D eigenvalue weighted by Gasteiger charge is 1.98. The SMILES string of the molecule is C=Cc1cc(OC)ccc1BC. The lowest BCUT2D eigenvalue weighted by Gasteiger charge is -2.05. The summed E-state index contributed by atoms with van der Waals surface area (Å²) in [4.78, 5) is 0. The molecule has 0 aromatic heterocycles. The van der Waals surface area contributed by atoms with Crippen LogP contribution in [0.1, 0.15) is 5.56 Å². The van der Waals surface area contributed by atoms with Crippen LogP contribution in [-0.4, -0.2) is 14.4 Å². The van der Waals surface area contributed by atoms with E-state index in [4.69, 9.17) is 4.74 Å². The van der Waals surface area contributed by atoms with Gasteiger partial charge in [0.25, 0.3) is 0 Å². The fourth-order valence-electron chi connectivity index (χ4n) is 1.21. The summed E-state index contributed by atoms with van der Waals surface area (Å²) in [7, 11) is 2.71. The Balaban J connectivity index is 3.10. The topological polar surface area (TPSA) is 9.23 Å². The van der Waals surface area contributed by atoms with E-state index in [2.05, 4.69) is 19.5 Å². The van der Waals surface area contributed by atoms with E-state index in [1.807, 2.05) is 18.2 Å². The zero-order valence-corrected chi connectivity index (χ0v) is 7.63. The first-order valence-electron chi connectivity index (χ1n) is 4.11. The van der Waals surface area contributed by atoms with Crippen molar-refractivity contribution in [2.75, 3.05) is 7.11 Å². The van der Waals surface area contributed by atoms with Crippen LogP contribution < -0.4 is 10.2 Å². The maximum atomic E-state index is 5.11. The summed E-state index contributed by atoms with van der Waals surface area (Å²) in [6, 6.07) is 6.06. The zero-order chi connectivity index (χ0) is 8.97. The van der Waals surface area contributed by atoms with Gasteiger partial charge in [0.15, 0.2) is 7.28 Å². The van der Waals surface area contributed by atoms with Gasteiger partial charge in [-0.3, -0.25) is 0 Å². The molecule has 0 radical (unpaired) electrons. The van der Waals surface area contributed by atoms with Crippen molar-refractivity contribution >= 4 is 18.8 Å². The number of hydrogen-bond donors (Lipinski definition) is 0. The summed E-state index contributed by atoms with van der Waals surface area (Å²) >= 11 is 0. The molecule has 0 unspecified atom stereocenters. The number of rotatable bonds is 3. The van der Waals surface area contributed by atoms with Crippen molar-refractivity contribution in [2.24, 2.45) is 0 Å². The first-order chi connectivity index (χ1) is 5.81. The fraction of sp³-hybridized carbons (Fsp3) is 0.200. The lowest BCUT2D eigenvalue weighted by molar-refractivity contribution is 0.415. The van der Waals surface area contributed by atoms with E-state index < -0.39 is 0 Å². The molecule has 1 aromatic carbocycles. The van der Waals surface area contributed by atoms with Gasteiger partial charge < -0.3 is 4.74 Å². The van der Waals surface area contributed by atoms with Crippen LogP contribution in [0.3, 0.4) is 0 Å². The summed E-state index contributed by atoms with van der Waals surface area (Å²) in [6.07, 6.45) is 1.86. The van der Waals surface area contributed by atoms with Crippen LogP contribution in [-0.2, 0) is 0 Å². The van der Waals surface area contributed by atoms with Crippen molar-refractivity contribution in [3.05, 3.63) is 30.3 Å². The minimum Gasteiger partial charge on any atom is -0.497 e. The highest BCUT2D eigenvalue weighted by molar-refractivity contribution is 6.53. The third-order valence-electron chi connectivity index (χ3n) is 1.95. The summed E-state index contributed by atoms with van der Waals surface area (Å²) in [5.74, 6) is 0.891. The third kappa shape index (κ3) is 1.70. The van der Waals surface area contributed by atoms with Gasteiger partial charge in [-0.05, 0) is 17.7 Å². The van der Waals surface area contributed by atoms with Crippen molar-refractivity contribution < 1.29 is 4.74 Å². The van der Waals surface area contributed by atoms with Crippen LogP contribution in [0, 0.1) is 0 Å². The van der Waals surface area contributed by atoms with E-state index in [-0.39, 0.29) is 0 Å². The average Bonchev–Trinajstić information content (AvgIpc) is 2.16. The minimum atomic E-state index is 0.891. The molecule has 1 nitrogen and oxygen atoms in total. The molecule has 0 spiro atoms. The molecule has 0 fully saturated rings. The lowest BCUT2D eigenvalue weighted by atomic mass is 9.71. The average molecular weight is 160 g/mol. The third-order valence-corrected chi connectivity index (χ3v) is 1.95. The van der Waals surface area contributed by atoms with Gasteiger partial charge in [0.1, 0.15) is 5.75 Å². The number of ether oxygens (including phenoxy) is 1. The van der Waals surface area contributed by atoms with E-state index >= 15 is 0 Å². The van der Waals surface area contributed by atoms with Gasteiger partial charge >= 0.3 is 0 Å². The molecule has 0 atom stereocenters. The van der Waals surface area contributed by atoms with E-state index in [9.17, 15) is 0 Å². The quantitative estimate of drug-likeness (QED) is 0.608. The van der Waals surface area contributed by atoms with Gasteiger partial charge in [0.05, 0.1) is 7.11 Å². The van der Waals surface area contributed by atoms with Crippen LogP contribution in [0.4, 0.5) is 0 Å². The van der Waals surface area contributed by atoms with Crippen LogP contribution >= 0.6 is 0 Å². The Morgan fingerprint density at radius 1 is 1.50 bits per heavy atom. The maximum Gasteiger partial charge on any atom is 0.155 e. The Labute approximate surface area is 74.3 Å². The Morgan fingerprint density at radius 3 is 2.75 bits per heavy atom. The summed E-state index contributed by atoms with van der Waals surface area (Å²) < 4.78 is 5.11. The van der Waals surface area contributed by atoms with E-state index in [0.717, 1.165) is 18.6 Å². The van der Waals surface area contributed by atoms with Crippen LogP contribution in [0.5, 0.6) is 5.75 Å². The largest absolute Gasteiger partial charge is 0.497 e. The van der Waals surface area contributed by atoms with Crippen LogP contribution in [0.25, 0.3) is 6.08 Å². The van der Waals surface area contributed by atoms with Crippen molar-refractivity contribution in [3.8, 4) is 5.75 Å². The zero-order valence-electron chi connectivity index (χ0n) is 7.63. The predicted molar refractivity (Wildman–Crippen MR) is 55.7 cm³/mol. The number of benzene rings is 1. The van der Waals surface area contributed by atoms with Gasteiger partial charge in [-0.25, -0.2) is 0 Å². The molecule has 0 N–H and O–H groups in total. The Hall–Kier alpha value is -1.18. The molecule has 0 aliphatic heterocycles. The van der Waals surface area contributed by atoms with Crippen LogP contribution in [0.15, 0.2) is 24.8 Å². The monoisotopic (exact) mass is 160 g/mol. The number of methoxy groups -OCH3 is 1. The van der Waals surface area contributed by atoms with E-state index in [1.54, 1.807) is 7.11 Å². The molecular weight excluding hydrogens is 147 g/mol. The van der Waals surface area contributed by atoms with Crippen LogP contribution in [0.2, 0.25) is 6.82 Å². The molecule has 12 heavy (non-hydrogen) atoms. The maximum absolute atomic E-state index is 5.11. The molecule has 1 aromatic rings. The second-order valence-corrected chi connectivity index (χ2v) is 2.62. The summed E-state index contributed by atoms with van der Waals surface area (Å²) in [5.41, 5.74) is 2.47. The predicted octanol–water partition coefficient (Wildman–Crippen LogP) is 1.45. The Morgan fingerprint density at radius 2 is 2.25 bits per heavy atom. The van der Waals surface area contributed by atoms with E-state index in [1.165, 1.54) is 5.46 Å². The molecule has 62 valence electrons. The van der Waals surface area contributed by atoms with E-state index in [0.29, 0.717) is 0 Å². The summed E-state index contributed by atoms with van der Waals surface area (Å²) in [5, 5.41) is 0. The van der Waals surface area contributed by atoms with Crippen molar-refractivity contribution in [2.45, 2.75) is 6.82 Å². The molecule has 2 heteroatoms. The molecule has 0 saturated carbocycles. The first-order valence-corrected chi connectivity index (χ1v) is 4.11. The molecule has 0 saturated heterocycles. The highest BCUT2D eigenvalue weighted by Crippen LogP contribution is 2.11. The fourth-order valence-corrected chi connectivity index (χ4v) is 1.21. The Kier molecular flexibility index (Phi) is 2.97. The summed E-state index contributed by atoms with van der Waals surface area (Å²) in [6.45, 7) is 5.89. The first kappa shape index (κ1) is 8.92. The second kappa shape index (κ2) is 4.00. The molecule has 0 bridgehead atoms. The smallest absolute Gasteiger partial charge is 0.155 e.